The van der Waals surface area contributed by atoms with Crippen LogP contribution in [0.2, 0.25) is 0 Å². The van der Waals surface area contributed by atoms with Gasteiger partial charge >= 0.3 is 0 Å². The van der Waals surface area contributed by atoms with Gasteiger partial charge in [-0.3, -0.25) is 4.68 Å². The van der Waals surface area contributed by atoms with E-state index < -0.39 is 0 Å². The molecular formula is C16H30N4O. The quantitative estimate of drug-likeness (QED) is 0.818. The van der Waals surface area contributed by atoms with Gasteiger partial charge in [-0.15, -0.1) is 0 Å². The SMILES string of the molecule is CCCn1ncnc1CC(O)C1(N(C)C)CCCCCC1. The van der Waals surface area contributed by atoms with Gasteiger partial charge in [-0.2, -0.15) is 5.10 Å². The number of rotatable bonds is 6. The van der Waals surface area contributed by atoms with Gasteiger partial charge in [0.05, 0.1) is 6.10 Å². The lowest BCUT2D eigenvalue weighted by atomic mass is 9.81. The molecular weight excluding hydrogens is 264 g/mol. The van der Waals surface area contributed by atoms with Crippen LogP contribution in [0, 0.1) is 0 Å². The lowest BCUT2D eigenvalue weighted by Gasteiger charge is -2.43. The first-order valence-electron chi connectivity index (χ1n) is 8.32. The number of hydrogen-bond acceptors (Lipinski definition) is 4. The molecule has 5 nitrogen and oxygen atoms in total. The number of aliphatic hydroxyl groups excluding tert-OH is 1. The minimum absolute atomic E-state index is 0.112. The molecule has 1 fully saturated rings. The van der Waals surface area contributed by atoms with Crippen molar-refractivity contribution in [3.63, 3.8) is 0 Å². The minimum Gasteiger partial charge on any atom is -0.391 e. The molecule has 1 N–H and O–H groups in total. The van der Waals surface area contributed by atoms with Crippen molar-refractivity contribution in [2.75, 3.05) is 14.1 Å². The Labute approximate surface area is 128 Å². The molecule has 0 bridgehead atoms. The van der Waals surface area contributed by atoms with Crippen LogP contribution in [0.4, 0.5) is 0 Å². The molecule has 120 valence electrons. The van der Waals surface area contributed by atoms with Gasteiger partial charge < -0.3 is 10.0 Å². The maximum atomic E-state index is 11.0. The van der Waals surface area contributed by atoms with Crippen molar-refractivity contribution in [3.8, 4) is 0 Å². The molecule has 1 saturated carbocycles. The van der Waals surface area contributed by atoms with Crippen molar-refractivity contribution in [1.82, 2.24) is 19.7 Å². The summed E-state index contributed by atoms with van der Waals surface area (Å²) in [5, 5.41) is 15.2. The van der Waals surface area contributed by atoms with Crippen LogP contribution in [0.25, 0.3) is 0 Å². The predicted octanol–water partition coefficient (Wildman–Crippen LogP) is 2.25. The molecule has 1 atom stereocenters. The van der Waals surface area contributed by atoms with E-state index in [1.165, 1.54) is 25.7 Å². The molecule has 0 radical (unpaired) electrons. The summed E-state index contributed by atoms with van der Waals surface area (Å²) in [6.07, 6.45) is 9.98. The molecule has 1 aromatic rings. The molecule has 1 aliphatic rings. The number of likely N-dealkylation sites (N-methyl/N-ethyl adjacent to an activating group) is 1. The third-order valence-corrected chi connectivity index (χ3v) is 4.99. The van der Waals surface area contributed by atoms with Gasteiger partial charge in [0.2, 0.25) is 0 Å². The smallest absolute Gasteiger partial charge is 0.138 e. The maximum Gasteiger partial charge on any atom is 0.138 e. The van der Waals surface area contributed by atoms with Crippen molar-refractivity contribution < 1.29 is 5.11 Å². The Balaban J connectivity index is 2.14. The van der Waals surface area contributed by atoms with Crippen LogP contribution in [0.5, 0.6) is 0 Å². The van der Waals surface area contributed by atoms with Crippen molar-refractivity contribution in [3.05, 3.63) is 12.2 Å². The Morgan fingerprint density at radius 1 is 1.29 bits per heavy atom. The number of aliphatic hydroxyl groups is 1. The minimum atomic E-state index is -0.384. The summed E-state index contributed by atoms with van der Waals surface area (Å²) in [6.45, 7) is 3.01. The molecule has 2 rings (SSSR count). The van der Waals surface area contributed by atoms with E-state index in [0.29, 0.717) is 6.42 Å². The normalized spacial score (nSPS) is 20.4. The molecule has 1 heterocycles. The fraction of sp³-hybridized carbons (Fsp3) is 0.875. The number of nitrogens with zero attached hydrogens (tertiary/aromatic N) is 4. The fourth-order valence-electron chi connectivity index (χ4n) is 3.63. The summed E-state index contributed by atoms with van der Waals surface area (Å²) in [5.74, 6) is 0.912. The van der Waals surface area contributed by atoms with E-state index in [2.05, 4.69) is 36.0 Å². The first kappa shape index (κ1) is 16.4. The molecule has 1 aromatic heterocycles. The molecule has 21 heavy (non-hydrogen) atoms. The van der Waals surface area contributed by atoms with Crippen LogP contribution in [0.3, 0.4) is 0 Å². The van der Waals surface area contributed by atoms with Crippen LogP contribution in [-0.4, -0.2) is 50.5 Å². The lowest BCUT2D eigenvalue weighted by Crippen LogP contribution is -2.54. The Morgan fingerprint density at radius 3 is 2.52 bits per heavy atom. The molecule has 0 amide bonds. The van der Waals surface area contributed by atoms with E-state index >= 15 is 0 Å². The fourth-order valence-corrected chi connectivity index (χ4v) is 3.63. The second kappa shape index (κ2) is 7.36. The molecule has 0 saturated heterocycles. The highest BCUT2D eigenvalue weighted by Gasteiger charge is 2.40. The number of aryl methyl sites for hydroxylation is 1. The second-order valence-corrected chi connectivity index (χ2v) is 6.53. The summed E-state index contributed by atoms with van der Waals surface area (Å²) in [6, 6.07) is 0. The van der Waals surface area contributed by atoms with Crippen molar-refractivity contribution in [1.29, 1.82) is 0 Å². The largest absolute Gasteiger partial charge is 0.391 e. The van der Waals surface area contributed by atoms with E-state index in [1.807, 2.05) is 4.68 Å². The third kappa shape index (κ3) is 3.64. The van der Waals surface area contributed by atoms with E-state index in [1.54, 1.807) is 6.33 Å². The Hall–Kier alpha value is -0.940. The first-order chi connectivity index (χ1) is 10.1. The Kier molecular flexibility index (Phi) is 5.76. The van der Waals surface area contributed by atoms with Crippen LogP contribution in [0.15, 0.2) is 6.33 Å². The van der Waals surface area contributed by atoms with Crippen LogP contribution in [-0.2, 0) is 13.0 Å². The zero-order chi connectivity index (χ0) is 15.3. The predicted molar refractivity (Wildman–Crippen MR) is 84.1 cm³/mol. The standard InChI is InChI=1S/C16H30N4O/c1-4-11-20-15(17-13-18-20)12-14(21)16(19(2)3)9-7-5-6-8-10-16/h13-14,21H,4-12H2,1-3H3. The topological polar surface area (TPSA) is 54.2 Å². The summed E-state index contributed by atoms with van der Waals surface area (Å²) in [5.41, 5.74) is -0.112. The van der Waals surface area contributed by atoms with Crippen LogP contribution >= 0.6 is 0 Å². The van der Waals surface area contributed by atoms with Crippen molar-refractivity contribution >= 4 is 0 Å². The average molecular weight is 294 g/mol. The highest BCUT2D eigenvalue weighted by molar-refractivity contribution is 5.01. The van der Waals surface area contributed by atoms with E-state index in [0.717, 1.165) is 31.6 Å². The van der Waals surface area contributed by atoms with Gasteiger partial charge in [-0.05, 0) is 33.4 Å². The summed E-state index contributed by atoms with van der Waals surface area (Å²) in [4.78, 5) is 6.60. The molecule has 1 aliphatic carbocycles. The average Bonchev–Trinajstić information content (AvgIpc) is 2.75. The number of aromatic nitrogens is 3. The van der Waals surface area contributed by atoms with E-state index in [4.69, 9.17) is 0 Å². The molecule has 1 unspecified atom stereocenters. The monoisotopic (exact) mass is 294 g/mol. The second-order valence-electron chi connectivity index (χ2n) is 6.53. The van der Waals surface area contributed by atoms with Gasteiger partial charge in [0, 0.05) is 18.5 Å². The first-order valence-corrected chi connectivity index (χ1v) is 8.32. The third-order valence-electron chi connectivity index (χ3n) is 4.99. The Morgan fingerprint density at radius 2 is 1.95 bits per heavy atom. The van der Waals surface area contributed by atoms with Crippen LogP contribution < -0.4 is 0 Å². The van der Waals surface area contributed by atoms with Gasteiger partial charge in [0.15, 0.2) is 0 Å². The zero-order valence-electron chi connectivity index (χ0n) is 13.8. The highest BCUT2D eigenvalue weighted by atomic mass is 16.3. The molecule has 0 aliphatic heterocycles. The van der Waals surface area contributed by atoms with Gasteiger partial charge in [-0.25, -0.2) is 4.98 Å². The zero-order valence-corrected chi connectivity index (χ0v) is 13.8. The Bertz CT molecular complexity index is 422. The summed E-state index contributed by atoms with van der Waals surface area (Å²) in [7, 11) is 4.20. The van der Waals surface area contributed by atoms with Crippen LogP contribution in [0.1, 0.15) is 57.7 Å². The van der Waals surface area contributed by atoms with E-state index in [-0.39, 0.29) is 11.6 Å². The van der Waals surface area contributed by atoms with Gasteiger partial charge in [-0.1, -0.05) is 32.6 Å². The van der Waals surface area contributed by atoms with Crippen molar-refractivity contribution in [2.45, 2.75) is 76.5 Å². The van der Waals surface area contributed by atoms with Gasteiger partial charge in [0.1, 0.15) is 12.2 Å². The van der Waals surface area contributed by atoms with Gasteiger partial charge in [0.25, 0.3) is 0 Å². The summed E-state index contributed by atoms with van der Waals surface area (Å²) < 4.78 is 1.93. The molecule has 0 spiro atoms. The molecule has 0 aromatic carbocycles. The summed E-state index contributed by atoms with van der Waals surface area (Å²) >= 11 is 0. The molecule has 5 heteroatoms. The lowest BCUT2D eigenvalue weighted by molar-refractivity contribution is -0.0189. The highest BCUT2D eigenvalue weighted by Crippen LogP contribution is 2.35. The number of hydrogen-bond donors (Lipinski definition) is 1. The van der Waals surface area contributed by atoms with E-state index in [9.17, 15) is 5.11 Å². The maximum absolute atomic E-state index is 11.0. The van der Waals surface area contributed by atoms with Crippen molar-refractivity contribution in [2.24, 2.45) is 0 Å².